The smallest absolute Gasteiger partial charge is 0.475 e. The molecule has 4 aliphatic rings. The molecule has 2 heterocycles. The molecule has 4 aliphatic carbocycles. The van der Waals surface area contributed by atoms with E-state index in [4.69, 9.17) is 43.6 Å². The summed E-state index contributed by atoms with van der Waals surface area (Å²) >= 11 is 14.7. The van der Waals surface area contributed by atoms with E-state index in [1.807, 2.05) is 69.3 Å². The Kier molecular flexibility index (Phi) is 13.5. The van der Waals surface area contributed by atoms with Gasteiger partial charge < -0.3 is 31.5 Å². The van der Waals surface area contributed by atoms with E-state index in [0.717, 1.165) is 69.6 Å². The number of aliphatic carboxylic acids is 1. The van der Waals surface area contributed by atoms with Gasteiger partial charge in [-0.05, 0) is 118 Å². The average molecular weight is 884 g/mol. The average Bonchev–Trinajstić information content (AvgIpc) is 3.71. The number of amides is 1. The first-order valence-electron chi connectivity index (χ1n) is 19.0. The van der Waals surface area contributed by atoms with Crippen molar-refractivity contribution in [3.8, 4) is 0 Å². The fourth-order valence-electron chi connectivity index (χ4n) is 8.14. The second-order valence-corrected chi connectivity index (χ2v) is 19.2. The van der Waals surface area contributed by atoms with E-state index in [1.54, 1.807) is 0 Å². The van der Waals surface area contributed by atoms with E-state index in [-0.39, 0.29) is 12.1 Å². The zero-order valence-corrected chi connectivity index (χ0v) is 35.4. The Morgan fingerprint density at radius 2 is 1.14 bits per heavy atom. The minimum Gasteiger partial charge on any atom is -0.475 e. The molecule has 0 unspecified atom stereocenters. The van der Waals surface area contributed by atoms with Gasteiger partial charge in [0.1, 0.15) is 17.2 Å². The van der Waals surface area contributed by atoms with Crippen LogP contribution in [0.5, 0.6) is 0 Å². The lowest BCUT2D eigenvalue weighted by molar-refractivity contribution is -0.192. The van der Waals surface area contributed by atoms with Crippen LogP contribution in [0.2, 0.25) is 10.0 Å². The molecule has 4 aromatic rings. The molecule has 0 saturated heterocycles. The van der Waals surface area contributed by atoms with Gasteiger partial charge in [-0.3, -0.25) is 0 Å². The van der Waals surface area contributed by atoms with Crippen LogP contribution in [-0.4, -0.2) is 71.8 Å². The van der Waals surface area contributed by atoms with E-state index in [0.29, 0.717) is 35.4 Å². The lowest BCUT2D eigenvalue weighted by atomic mass is 9.52. The Hall–Kier alpha value is -3.77. The van der Waals surface area contributed by atoms with Gasteiger partial charge in [0, 0.05) is 70.1 Å². The highest BCUT2D eigenvalue weighted by Crippen LogP contribution is 2.57. The van der Waals surface area contributed by atoms with Crippen molar-refractivity contribution in [2.75, 3.05) is 10.6 Å². The molecule has 2 aromatic carbocycles. The number of nitrogens with zero attached hydrogens (tertiary/aromatic N) is 4. The number of hydrogen-bond donors (Lipinski definition) is 5. The number of halogens is 5. The van der Waals surface area contributed by atoms with Crippen LogP contribution in [0, 0.1) is 10.8 Å². The van der Waals surface area contributed by atoms with Gasteiger partial charge in [0.2, 0.25) is 10.3 Å². The second-order valence-electron chi connectivity index (χ2n) is 16.9. The van der Waals surface area contributed by atoms with Gasteiger partial charge in [0.15, 0.2) is 0 Å². The van der Waals surface area contributed by atoms with Crippen molar-refractivity contribution >= 4 is 68.6 Å². The van der Waals surface area contributed by atoms with Crippen LogP contribution in [-0.2, 0) is 22.4 Å². The molecule has 0 bridgehead atoms. The molecule has 4 fully saturated rings. The van der Waals surface area contributed by atoms with Gasteiger partial charge in [-0.2, -0.15) is 21.9 Å². The van der Waals surface area contributed by atoms with Gasteiger partial charge >= 0.3 is 18.2 Å². The maximum Gasteiger partial charge on any atom is 0.490 e. The first-order chi connectivity index (χ1) is 27.2. The highest BCUT2D eigenvalue weighted by Gasteiger charge is 2.54. The zero-order chi connectivity index (χ0) is 41.9. The predicted molar refractivity (Wildman–Crippen MR) is 220 cm³/mol. The number of benzene rings is 2. The molecule has 1 amide bonds. The largest absolute Gasteiger partial charge is 0.490 e. The maximum absolute atomic E-state index is 11.9. The van der Waals surface area contributed by atoms with Crippen LogP contribution in [0.15, 0.2) is 48.5 Å². The zero-order valence-electron chi connectivity index (χ0n) is 32.2. The molecule has 12 nitrogen and oxygen atoms in total. The molecule has 4 saturated carbocycles. The molecule has 0 aliphatic heterocycles. The normalized spacial score (nSPS) is 25.6. The lowest BCUT2D eigenvalue weighted by Crippen LogP contribution is -2.59. The Morgan fingerprint density at radius 1 is 0.759 bits per heavy atom. The molecular weight excluding hydrogens is 837 g/mol. The van der Waals surface area contributed by atoms with Gasteiger partial charge in [0.05, 0.1) is 0 Å². The molecule has 6 N–H and O–H groups in total. The number of hydrogen-bond acceptors (Lipinski definition) is 12. The fourth-order valence-corrected chi connectivity index (χ4v) is 9.72. The summed E-state index contributed by atoms with van der Waals surface area (Å²) < 4.78 is 46.0. The quantitative estimate of drug-likeness (QED) is 0.108. The summed E-state index contributed by atoms with van der Waals surface area (Å²) in [6.07, 6.45) is 5.21. The molecule has 58 heavy (non-hydrogen) atoms. The van der Waals surface area contributed by atoms with Gasteiger partial charge in [-0.15, -0.1) is 0 Å². The second kappa shape index (κ2) is 17.8. The number of carbonyl (C=O) groups is 2. The Morgan fingerprint density at radius 3 is 1.50 bits per heavy atom. The number of alkyl halides is 3. The molecule has 314 valence electrons. The first kappa shape index (κ1) is 43.8. The van der Waals surface area contributed by atoms with E-state index < -0.39 is 17.7 Å². The summed E-state index contributed by atoms with van der Waals surface area (Å²) in [5.41, 5.74) is 8.70. The molecular formula is C39H47Cl2F3N8O4S2. The lowest BCUT2D eigenvalue weighted by Gasteiger charge is -2.57. The van der Waals surface area contributed by atoms with Crippen LogP contribution in [0.3, 0.4) is 0 Å². The van der Waals surface area contributed by atoms with Crippen LogP contribution in [0.1, 0.15) is 94.9 Å². The summed E-state index contributed by atoms with van der Waals surface area (Å²) in [6.45, 7) is 5.64. The summed E-state index contributed by atoms with van der Waals surface area (Å²) in [5, 5.41) is 20.5. The van der Waals surface area contributed by atoms with E-state index in [2.05, 4.69) is 34.7 Å². The van der Waals surface area contributed by atoms with Gasteiger partial charge in [0.25, 0.3) is 0 Å². The summed E-state index contributed by atoms with van der Waals surface area (Å²) in [4.78, 5) is 30.0. The minimum atomic E-state index is -5.08. The predicted octanol–water partition coefficient (Wildman–Crippen LogP) is 9.13. The molecule has 2 spiro atoms. The van der Waals surface area contributed by atoms with Crippen LogP contribution >= 0.6 is 46.3 Å². The third-order valence-corrected chi connectivity index (χ3v) is 12.4. The van der Waals surface area contributed by atoms with Crippen molar-refractivity contribution < 1.29 is 32.6 Å². The first-order valence-corrected chi connectivity index (χ1v) is 21.3. The van der Waals surface area contributed by atoms with Crippen molar-refractivity contribution in [3.05, 3.63) is 81.4 Å². The number of carbonyl (C=O) groups excluding carboxylic acids is 1. The number of carboxylic acid groups (broad SMARTS) is 1. The Balaban J connectivity index is 0.000000172. The third-order valence-electron chi connectivity index (χ3n) is 10.6. The Bertz CT molecular complexity index is 2000. The number of carboxylic acids is 1. The topological polar surface area (TPSA) is 177 Å². The molecule has 2 aromatic heterocycles. The highest BCUT2D eigenvalue weighted by molar-refractivity contribution is 7.10. The molecule has 19 heteroatoms. The number of alkyl carbamates (subject to hydrolysis) is 1. The van der Waals surface area contributed by atoms with Gasteiger partial charge in [-0.1, -0.05) is 47.5 Å². The van der Waals surface area contributed by atoms with Crippen LogP contribution in [0.25, 0.3) is 0 Å². The van der Waals surface area contributed by atoms with Crippen LogP contribution in [0.4, 0.5) is 28.2 Å². The fraction of sp³-hybridized carbons (Fsp3) is 0.538. The monoisotopic (exact) mass is 882 g/mol. The summed E-state index contributed by atoms with van der Waals surface area (Å²) in [5.74, 6) is -1.05. The van der Waals surface area contributed by atoms with Crippen molar-refractivity contribution in [1.82, 2.24) is 24.0 Å². The van der Waals surface area contributed by atoms with Crippen molar-refractivity contribution in [3.63, 3.8) is 0 Å². The highest BCUT2D eigenvalue weighted by atomic mass is 35.5. The summed E-state index contributed by atoms with van der Waals surface area (Å²) in [6, 6.07) is 17.3. The molecule has 8 rings (SSSR count). The Labute approximate surface area is 353 Å². The van der Waals surface area contributed by atoms with E-state index >= 15 is 0 Å². The number of nitrogens with one attached hydrogen (secondary N) is 3. The maximum atomic E-state index is 11.9. The minimum absolute atomic E-state index is 0.235. The van der Waals surface area contributed by atoms with Crippen molar-refractivity contribution in [2.45, 2.75) is 121 Å². The van der Waals surface area contributed by atoms with E-state index in [9.17, 15) is 18.0 Å². The summed E-state index contributed by atoms with van der Waals surface area (Å²) in [7, 11) is 0. The number of ether oxygens (including phenoxy) is 1. The number of nitrogens with two attached hydrogens (primary N) is 1. The van der Waals surface area contributed by atoms with Crippen molar-refractivity contribution in [2.24, 2.45) is 16.6 Å². The molecule has 0 radical (unpaired) electrons. The third kappa shape index (κ3) is 12.4. The van der Waals surface area contributed by atoms with Crippen molar-refractivity contribution in [1.29, 1.82) is 0 Å². The van der Waals surface area contributed by atoms with Crippen LogP contribution < -0.4 is 21.7 Å². The molecule has 0 atom stereocenters. The number of anilines is 2. The van der Waals surface area contributed by atoms with E-state index in [1.165, 1.54) is 54.3 Å². The SMILES string of the molecule is CC(C)(C)OC(=O)NC1CC2(C1)CC(Nc1nc(Cc3ccc(Cl)cc3)ns1)C2.NC1CC2(C1)CC(Nc1nc(Cc3ccc(Cl)cc3)ns1)C2.O=C(O)C(F)(F)F. The van der Waals surface area contributed by atoms with Gasteiger partial charge in [-0.25, -0.2) is 19.6 Å². The number of rotatable bonds is 9. The number of aromatic nitrogens is 4. The standard InChI is InChI=1S/C21H27ClN4O2S.C16H19ClN4S.C2HF3O2/c1-20(2,3)28-19(27)24-16-11-21(12-16)9-15(10-21)23-18-25-17(26-29-18)8-13-4-6-14(22)7-5-13;17-11-3-1-10(2-4-11)5-14-20-15(22-21-14)19-13-8-16(9-13)6-12(18)7-16;3-2(4,5)1(6)7/h4-7,15-16H,8-12H2,1-3H3,(H,24,27)(H,23,25,26);1-4,12-13H,5-9,18H2,(H,19,20,21);(H,6,7).